The summed E-state index contributed by atoms with van der Waals surface area (Å²) in [6.45, 7) is 7.83. The van der Waals surface area contributed by atoms with Crippen molar-refractivity contribution in [3.8, 4) is 6.07 Å². The largest absolute Gasteiger partial charge is 0.401 e. The lowest BCUT2D eigenvalue weighted by molar-refractivity contribution is -0.147. The van der Waals surface area contributed by atoms with Gasteiger partial charge in [0.2, 0.25) is 0 Å². The molecule has 6 rings (SSSR count). The lowest BCUT2D eigenvalue weighted by Gasteiger charge is -2.34. The number of nitrogens with zero attached hydrogens (tertiary/aromatic N) is 8. The maximum atomic E-state index is 12.9. The van der Waals surface area contributed by atoms with E-state index in [1.165, 1.54) is 33.7 Å². The van der Waals surface area contributed by atoms with Crippen LogP contribution in [0.5, 0.6) is 0 Å². The Balaban J connectivity index is 1.04. The number of hydrogen-bond acceptors (Lipinski definition) is 9. The van der Waals surface area contributed by atoms with Gasteiger partial charge in [0.05, 0.1) is 12.2 Å². The number of nitriles is 1. The minimum Gasteiger partial charge on any atom is -0.367 e. The Kier molecular flexibility index (Phi) is 10.3. The molecule has 3 aliphatic heterocycles. The van der Waals surface area contributed by atoms with Crippen LogP contribution in [0, 0.1) is 18.3 Å². The molecule has 0 amide bonds. The molecule has 0 spiro atoms. The molecule has 12 nitrogen and oxygen atoms in total. The minimum absolute atomic E-state index is 0.177. The van der Waals surface area contributed by atoms with Gasteiger partial charge in [-0.3, -0.25) is 14.7 Å². The quantitative estimate of drug-likeness (QED) is 0.331. The highest BCUT2D eigenvalue weighted by atomic mass is 32.2. The average Bonchev–Trinajstić information content (AvgIpc) is 3.43. The lowest BCUT2D eigenvalue weighted by Crippen LogP contribution is -2.51. The van der Waals surface area contributed by atoms with Gasteiger partial charge in [-0.1, -0.05) is 6.07 Å². The Bertz CT molecular complexity index is 1760. The van der Waals surface area contributed by atoms with Crippen molar-refractivity contribution in [1.82, 2.24) is 38.3 Å². The number of halogens is 3. The van der Waals surface area contributed by atoms with Gasteiger partial charge in [-0.05, 0) is 49.4 Å². The molecule has 2 aromatic heterocycles. The Morgan fingerprint density at radius 2 is 1.75 bits per heavy atom. The molecule has 2 fully saturated rings. The molecule has 2 N–H and O–H groups in total. The van der Waals surface area contributed by atoms with Crippen LogP contribution in [-0.4, -0.2) is 120 Å². The summed E-state index contributed by atoms with van der Waals surface area (Å²) in [6.07, 6.45) is -0.452. The van der Waals surface area contributed by atoms with Gasteiger partial charge in [0, 0.05) is 102 Å². The zero-order valence-corrected chi connectivity index (χ0v) is 28.2. The van der Waals surface area contributed by atoms with Crippen molar-refractivity contribution in [1.29, 1.82) is 5.26 Å². The molecule has 0 saturated carbocycles. The van der Waals surface area contributed by atoms with E-state index in [4.69, 9.17) is 0 Å². The topological polar surface area (TPSA) is 126 Å². The van der Waals surface area contributed by atoms with Crippen LogP contribution in [0.25, 0.3) is 10.9 Å². The Morgan fingerprint density at radius 3 is 2.44 bits per heavy atom. The van der Waals surface area contributed by atoms with E-state index in [0.717, 1.165) is 61.3 Å². The monoisotopic (exact) mass is 688 g/mol. The van der Waals surface area contributed by atoms with Crippen LogP contribution in [0.2, 0.25) is 0 Å². The molecule has 3 aromatic rings. The van der Waals surface area contributed by atoms with E-state index < -0.39 is 22.9 Å². The van der Waals surface area contributed by atoms with E-state index in [1.54, 1.807) is 0 Å². The first-order valence-electron chi connectivity index (χ1n) is 16.5. The smallest absolute Gasteiger partial charge is 0.367 e. The number of alkyl halides is 3. The van der Waals surface area contributed by atoms with Crippen LogP contribution in [0.15, 0.2) is 24.5 Å². The molecule has 2 saturated heterocycles. The van der Waals surface area contributed by atoms with Gasteiger partial charge in [-0.25, -0.2) is 14.7 Å². The average molecular weight is 689 g/mol. The summed E-state index contributed by atoms with van der Waals surface area (Å²) in [4.78, 5) is 14.8. The number of anilines is 1. The number of fused-ring (bicyclic) bond motifs is 2. The molecular formula is C32H43F3N10O2S. The van der Waals surface area contributed by atoms with E-state index >= 15 is 0 Å². The summed E-state index contributed by atoms with van der Waals surface area (Å²) in [6, 6.07) is 8.84. The van der Waals surface area contributed by atoms with Crippen molar-refractivity contribution in [3.63, 3.8) is 0 Å². The molecule has 16 heteroatoms. The normalized spacial score (nSPS) is 19.4. The highest BCUT2D eigenvalue weighted by Gasteiger charge is 2.33. The zero-order chi connectivity index (χ0) is 34.1. The highest BCUT2D eigenvalue weighted by Crippen LogP contribution is 2.29. The molecule has 0 aliphatic carbocycles. The van der Waals surface area contributed by atoms with Crippen LogP contribution in [-0.2, 0) is 36.3 Å². The first kappa shape index (κ1) is 34.5. The molecule has 48 heavy (non-hydrogen) atoms. The van der Waals surface area contributed by atoms with E-state index in [-0.39, 0.29) is 12.6 Å². The second-order valence-electron chi connectivity index (χ2n) is 12.9. The summed E-state index contributed by atoms with van der Waals surface area (Å²) < 4.78 is 68.8. The summed E-state index contributed by atoms with van der Waals surface area (Å²) in [5, 5.41) is 14.6. The van der Waals surface area contributed by atoms with Crippen molar-refractivity contribution in [2.24, 2.45) is 0 Å². The first-order valence-corrected chi connectivity index (χ1v) is 17.9. The molecular weight excluding hydrogens is 645 g/mol. The number of benzene rings is 1. The minimum atomic E-state index is -4.23. The number of rotatable bonds is 10. The maximum absolute atomic E-state index is 12.9. The Hall–Kier alpha value is -3.33. The fourth-order valence-electron chi connectivity index (χ4n) is 7.18. The van der Waals surface area contributed by atoms with E-state index in [9.17, 15) is 26.9 Å². The van der Waals surface area contributed by atoms with Crippen molar-refractivity contribution in [2.45, 2.75) is 58.0 Å². The van der Waals surface area contributed by atoms with Crippen LogP contribution >= 0.6 is 0 Å². The number of likely N-dealkylation sites (tertiary alicyclic amines) is 1. The fourth-order valence-corrected chi connectivity index (χ4v) is 8.08. The standard InChI is InChI=1S/C32H43F3N10O2S/c1-23-24(3-4-30-28(23)17-26(18-36)45(30)16-13-41-11-14-44(15-12-41)48(46,47)37-2)19-42-8-5-25(6-9-42)40-31-27-7-10-43(21-32(33,34)35)20-29(27)38-22-39-31/h3-4,17,22,25,37H,5-16,19-21H2,1-2H3,(H,38,39,40). The molecule has 0 atom stereocenters. The summed E-state index contributed by atoms with van der Waals surface area (Å²) in [5.74, 6) is 0.744. The van der Waals surface area contributed by atoms with Crippen LogP contribution in [0.4, 0.5) is 19.0 Å². The Morgan fingerprint density at radius 1 is 1.00 bits per heavy atom. The third-order valence-electron chi connectivity index (χ3n) is 9.96. The second-order valence-corrected chi connectivity index (χ2v) is 14.8. The van der Waals surface area contributed by atoms with Crippen molar-refractivity contribution in [3.05, 3.63) is 52.6 Å². The van der Waals surface area contributed by atoms with Crippen LogP contribution in [0.3, 0.4) is 0 Å². The zero-order valence-electron chi connectivity index (χ0n) is 27.4. The molecule has 0 unspecified atom stereocenters. The van der Waals surface area contributed by atoms with E-state index in [0.29, 0.717) is 57.1 Å². The van der Waals surface area contributed by atoms with Gasteiger partial charge < -0.3 is 9.88 Å². The van der Waals surface area contributed by atoms with Crippen molar-refractivity contribution >= 4 is 26.9 Å². The molecule has 3 aliphatic rings. The van der Waals surface area contributed by atoms with Gasteiger partial charge in [-0.2, -0.15) is 31.2 Å². The van der Waals surface area contributed by atoms with Crippen LogP contribution < -0.4 is 10.0 Å². The van der Waals surface area contributed by atoms with Crippen LogP contribution in [0.1, 0.15) is 40.9 Å². The van der Waals surface area contributed by atoms with E-state index in [2.05, 4.69) is 59.5 Å². The second kappa shape index (κ2) is 14.3. The number of aromatic nitrogens is 3. The molecule has 5 heterocycles. The Labute approximate surface area is 279 Å². The van der Waals surface area contributed by atoms with E-state index in [1.807, 2.05) is 6.07 Å². The number of nitrogens with one attached hydrogen (secondary N) is 2. The van der Waals surface area contributed by atoms with Crippen molar-refractivity contribution in [2.75, 3.05) is 71.3 Å². The van der Waals surface area contributed by atoms with Gasteiger partial charge in [0.15, 0.2) is 0 Å². The van der Waals surface area contributed by atoms with Crippen molar-refractivity contribution < 1.29 is 21.6 Å². The van der Waals surface area contributed by atoms with Gasteiger partial charge >= 0.3 is 6.18 Å². The molecule has 1 aromatic carbocycles. The molecule has 0 radical (unpaired) electrons. The molecule has 0 bridgehead atoms. The first-order chi connectivity index (χ1) is 22.9. The third kappa shape index (κ3) is 7.77. The molecule has 260 valence electrons. The highest BCUT2D eigenvalue weighted by molar-refractivity contribution is 7.87. The predicted molar refractivity (Wildman–Crippen MR) is 176 cm³/mol. The number of piperazine rings is 1. The lowest BCUT2D eigenvalue weighted by atomic mass is 10.00. The predicted octanol–water partition coefficient (Wildman–Crippen LogP) is 2.69. The fraction of sp³-hybridized carbons (Fsp3) is 0.594. The summed E-state index contributed by atoms with van der Waals surface area (Å²) in [7, 11) is -1.99. The van der Waals surface area contributed by atoms with Gasteiger partial charge in [0.1, 0.15) is 23.9 Å². The summed E-state index contributed by atoms with van der Waals surface area (Å²) in [5.41, 5.74) is 5.64. The summed E-state index contributed by atoms with van der Waals surface area (Å²) >= 11 is 0. The third-order valence-corrected chi connectivity index (χ3v) is 11.5. The number of hydrogen-bond donors (Lipinski definition) is 2. The number of aryl methyl sites for hydroxylation is 1. The number of piperidine rings is 1. The van der Waals surface area contributed by atoms with Gasteiger partial charge in [0.25, 0.3) is 10.2 Å². The SMILES string of the molecule is CNS(=O)(=O)N1CCN(CCn2c(C#N)cc3c(C)c(CN4CCC(Nc5ncnc6c5CCN(CC(F)(F)F)C6)CC4)ccc32)CC1. The van der Waals surface area contributed by atoms with Gasteiger partial charge in [-0.15, -0.1) is 0 Å². The maximum Gasteiger partial charge on any atom is 0.401 e.